The van der Waals surface area contributed by atoms with Crippen molar-refractivity contribution in [3.63, 3.8) is 0 Å². The van der Waals surface area contributed by atoms with Crippen LogP contribution in [0.5, 0.6) is 0 Å². The van der Waals surface area contributed by atoms with Gasteiger partial charge < -0.3 is 10.2 Å². The van der Waals surface area contributed by atoms with E-state index in [0.29, 0.717) is 12.1 Å². The maximum Gasteiger partial charge on any atom is 0.0969 e. The van der Waals surface area contributed by atoms with Crippen LogP contribution in [0.3, 0.4) is 0 Å². The fourth-order valence-corrected chi connectivity index (χ4v) is 3.29. The molecule has 5 nitrogen and oxygen atoms in total. The van der Waals surface area contributed by atoms with Crippen molar-refractivity contribution in [3.05, 3.63) is 36.3 Å². The summed E-state index contributed by atoms with van der Waals surface area (Å²) in [5.41, 5.74) is 3.44. The fourth-order valence-electron chi connectivity index (χ4n) is 3.29. The van der Waals surface area contributed by atoms with Gasteiger partial charge in [0.2, 0.25) is 0 Å². The van der Waals surface area contributed by atoms with E-state index in [1.807, 2.05) is 36.3 Å². The Balaban J connectivity index is 1.61. The Hall–Kier alpha value is -1.72. The highest BCUT2D eigenvalue weighted by Crippen LogP contribution is 2.21. The second-order valence-corrected chi connectivity index (χ2v) is 6.70. The second-order valence-electron chi connectivity index (χ2n) is 6.70. The molecule has 5 heteroatoms. The van der Waals surface area contributed by atoms with Crippen molar-refractivity contribution >= 4 is 0 Å². The number of pyridine rings is 1. The van der Waals surface area contributed by atoms with Crippen molar-refractivity contribution in [1.82, 2.24) is 25.0 Å². The summed E-state index contributed by atoms with van der Waals surface area (Å²) in [6.07, 6.45) is 8.21. The Morgan fingerprint density at radius 2 is 1.91 bits per heavy atom. The minimum atomic E-state index is 0.607. The number of piperidine rings is 1. The van der Waals surface area contributed by atoms with Crippen LogP contribution in [0.2, 0.25) is 0 Å². The van der Waals surface area contributed by atoms with Gasteiger partial charge in [-0.2, -0.15) is 5.10 Å². The molecular formula is C18H27N5. The summed E-state index contributed by atoms with van der Waals surface area (Å²) in [7, 11) is 1.98. The molecule has 1 N–H and O–H groups in total. The van der Waals surface area contributed by atoms with Gasteiger partial charge in [0.1, 0.15) is 0 Å². The number of likely N-dealkylation sites (tertiary alicyclic amines) is 1. The maximum atomic E-state index is 4.62. The second kappa shape index (κ2) is 7.23. The average Bonchev–Trinajstić information content (AvgIpc) is 2.95. The molecule has 3 rings (SSSR count). The first-order valence-corrected chi connectivity index (χ1v) is 8.54. The number of hydrogen-bond donors (Lipinski definition) is 1. The standard InChI is InChI=1S/C18H27N5/c1-14(2)23-10-6-17(7-11-23)20-12-16-13-22(3)21-18(16)15-4-8-19-9-5-15/h4-5,8-9,13-14,17,20H,6-7,10-12H2,1-3H3. The lowest BCUT2D eigenvalue weighted by Gasteiger charge is -2.35. The molecule has 2 aromatic rings. The molecule has 0 saturated carbocycles. The van der Waals surface area contributed by atoms with Gasteiger partial charge in [0.15, 0.2) is 0 Å². The quantitative estimate of drug-likeness (QED) is 0.921. The van der Waals surface area contributed by atoms with E-state index >= 15 is 0 Å². The van der Waals surface area contributed by atoms with Crippen LogP contribution in [0.15, 0.2) is 30.7 Å². The number of rotatable bonds is 5. The molecule has 0 aliphatic carbocycles. The van der Waals surface area contributed by atoms with E-state index in [9.17, 15) is 0 Å². The molecule has 3 heterocycles. The van der Waals surface area contributed by atoms with E-state index < -0.39 is 0 Å². The first kappa shape index (κ1) is 16.1. The first-order chi connectivity index (χ1) is 11.1. The number of aromatic nitrogens is 3. The van der Waals surface area contributed by atoms with Crippen LogP contribution in [0, 0.1) is 0 Å². The molecule has 0 unspecified atom stereocenters. The topological polar surface area (TPSA) is 46.0 Å². The molecule has 1 saturated heterocycles. The molecule has 124 valence electrons. The Kier molecular flexibility index (Phi) is 5.08. The highest BCUT2D eigenvalue weighted by atomic mass is 15.3. The van der Waals surface area contributed by atoms with Crippen LogP contribution in [0.25, 0.3) is 11.3 Å². The SMILES string of the molecule is CC(C)N1CCC(NCc2cn(C)nc2-c2ccncc2)CC1. The van der Waals surface area contributed by atoms with Crippen LogP contribution < -0.4 is 5.32 Å². The summed E-state index contributed by atoms with van der Waals surface area (Å²) in [5.74, 6) is 0. The van der Waals surface area contributed by atoms with E-state index in [-0.39, 0.29) is 0 Å². The lowest BCUT2D eigenvalue weighted by atomic mass is 10.0. The summed E-state index contributed by atoms with van der Waals surface area (Å²) in [6.45, 7) is 7.83. The molecule has 1 aliphatic heterocycles. The third-order valence-corrected chi connectivity index (χ3v) is 4.70. The average molecular weight is 313 g/mol. The zero-order chi connectivity index (χ0) is 16.2. The van der Waals surface area contributed by atoms with Gasteiger partial charge in [-0.1, -0.05) is 0 Å². The van der Waals surface area contributed by atoms with Gasteiger partial charge in [0.25, 0.3) is 0 Å². The van der Waals surface area contributed by atoms with Crippen LogP contribution in [0.1, 0.15) is 32.3 Å². The zero-order valence-electron chi connectivity index (χ0n) is 14.4. The molecule has 23 heavy (non-hydrogen) atoms. The molecule has 1 aliphatic rings. The predicted molar refractivity (Wildman–Crippen MR) is 93.0 cm³/mol. The lowest BCUT2D eigenvalue weighted by Crippen LogP contribution is -2.44. The largest absolute Gasteiger partial charge is 0.310 e. The van der Waals surface area contributed by atoms with Gasteiger partial charge in [-0.25, -0.2) is 0 Å². The van der Waals surface area contributed by atoms with E-state index in [0.717, 1.165) is 17.8 Å². The van der Waals surface area contributed by atoms with Crippen molar-refractivity contribution in [2.24, 2.45) is 7.05 Å². The van der Waals surface area contributed by atoms with Crippen molar-refractivity contribution in [1.29, 1.82) is 0 Å². The summed E-state index contributed by atoms with van der Waals surface area (Å²) in [6, 6.07) is 5.31. The monoisotopic (exact) mass is 313 g/mol. The molecule has 2 aromatic heterocycles. The molecule has 0 radical (unpaired) electrons. The van der Waals surface area contributed by atoms with Gasteiger partial charge in [0, 0.05) is 55.4 Å². The minimum absolute atomic E-state index is 0.607. The van der Waals surface area contributed by atoms with Crippen molar-refractivity contribution in [3.8, 4) is 11.3 Å². The molecule has 0 amide bonds. The summed E-state index contributed by atoms with van der Waals surface area (Å²) in [4.78, 5) is 6.65. The molecule has 0 atom stereocenters. The normalized spacial score (nSPS) is 17.0. The van der Waals surface area contributed by atoms with Gasteiger partial charge in [-0.15, -0.1) is 0 Å². The van der Waals surface area contributed by atoms with Crippen LogP contribution in [-0.2, 0) is 13.6 Å². The van der Waals surface area contributed by atoms with E-state index in [1.165, 1.54) is 31.5 Å². The minimum Gasteiger partial charge on any atom is -0.310 e. The van der Waals surface area contributed by atoms with Crippen molar-refractivity contribution in [2.45, 2.75) is 45.3 Å². The van der Waals surface area contributed by atoms with Crippen molar-refractivity contribution < 1.29 is 0 Å². The van der Waals surface area contributed by atoms with Crippen LogP contribution in [0.4, 0.5) is 0 Å². The van der Waals surface area contributed by atoms with Crippen LogP contribution >= 0.6 is 0 Å². The Morgan fingerprint density at radius 1 is 1.22 bits per heavy atom. The molecular weight excluding hydrogens is 286 g/mol. The zero-order valence-corrected chi connectivity index (χ0v) is 14.4. The highest BCUT2D eigenvalue weighted by molar-refractivity contribution is 5.61. The fraction of sp³-hybridized carbons (Fsp3) is 0.556. The smallest absolute Gasteiger partial charge is 0.0969 e. The van der Waals surface area contributed by atoms with Gasteiger partial charge in [0.05, 0.1) is 5.69 Å². The number of nitrogens with one attached hydrogen (secondary N) is 1. The van der Waals surface area contributed by atoms with Gasteiger partial charge >= 0.3 is 0 Å². The van der Waals surface area contributed by atoms with Gasteiger partial charge in [-0.05, 0) is 51.9 Å². The predicted octanol–water partition coefficient (Wildman–Crippen LogP) is 2.44. The third kappa shape index (κ3) is 3.98. The van der Waals surface area contributed by atoms with E-state index in [2.05, 4.69) is 40.3 Å². The Bertz CT molecular complexity index is 612. The van der Waals surface area contributed by atoms with Crippen LogP contribution in [-0.4, -0.2) is 44.8 Å². The molecule has 0 aromatic carbocycles. The lowest BCUT2D eigenvalue weighted by molar-refractivity contribution is 0.161. The third-order valence-electron chi connectivity index (χ3n) is 4.70. The molecule has 1 fully saturated rings. The maximum absolute atomic E-state index is 4.62. The number of aryl methyl sites for hydroxylation is 1. The highest BCUT2D eigenvalue weighted by Gasteiger charge is 2.21. The Morgan fingerprint density at radius 3 is 2.57 bits per heavy atom. The van der Waals surface area contributed by atoms with E-state index in [4.69, 9.17) is 0 Å². The Labute approximate surface area is 138 Å². The first-order valence-electron chi connectivity index (χ1n) is 8.54. The number of nitrogens with zero attached hydrogens (tertiary/aromatic N) is 4. The van der Waals surface area contributed by atoms with Crippen molar-refractivity contribution in [2.75, 3.05) is 13.1 Å². The summed E-state index contributed by atoms with van der Waals surface area (Å²) < 4.78 is 1.90. The molecule has 0 spiro atoms. The van der Waals surface area contributed by atoms with Gasteiger partial charge in [-0.3, -0.25) is 9.67 Å². The molecule has 0 bridgehead atoms. The summed E-state index contributed by atoms with van der Waals surface area (Å²) >= 11 is 0. The number of hydrogen-bond acceptors (Lipinski definition) is 4. The van der Waals surface area contributed by atoms with E-state index in [1.54, 1.807) is 0 Å². The summed E-state index contributed by atoms with van der Waals surface area (Å²) in [5, 5.41) is 8.35.